The van der Waals surface area contributed by atoms with Crippen LogP contribution in [-0.2, 0) is 4.79 Å². The molecule has 3 unspecified atom stereocenters. The van der Waals surface area contributed by atoms with Crippen molar-refractivity contribution >= 4 is 5.91 Å². The number of aliphatic hydroxyl groups is 2. The monoisotopic (exact) mass is 237 g/mol. The molecule has 0 saturated heterocycles. The molecular formula is C13H19NO3. The highest BCUT2D eigenvalue weighted by Gasteiger charge is 2.57. The zero-order chi connectivity index (χ0) is 12.1. The van der Waals surface area contributed by atoms with Crippen molar-refractivity contribution in [3.05, 3.63) is 11.6 Å². The Morgan fingerprint density at radius 1 is 1.47 bits per heavy atom. The molecule has 0 aliphatic heterocycles. The molecule has 17 heavy (non-hydrogen) atoms. The third-order valence-corrected chi connectivity index (χ3v) is 4.43. The van der Waals surface area contributed by atoms with Gasteiger partial charge >= 0.3 is 0 Å². The first kappa shape index (κ1) is 11.2. The van der Waals surface area contributed by atoms with Crippen LogP contribution in [0.5, 0.6) is 0 Å². The first-order chi connectivity index (χ1) is 8.05. The minimum absolute atomic E-state index is 0.0139. The van der Waals surface area contributed by atoms with Gasteiger partial charge in [-0.15, -0.1) is 0 Å². The highest BCUT2D eigenvalue weighted by atomic mass is 16.3. The van der Waals surface area contributed by atoms with Gasteiger partial charge in [0.05, 0.1) is 17.6 Å². The molecule has 1 amide bonds. The average Bonchev–Trinajstić information content (AvgIpc) is 2.22. The molecule has 4 nitrogen and oxygen atoms in total. The highest BCUT2D eigenvalue weighted by molar-refractivity contribution is 5.84. The molecule has 0 spiro atoms. The van der Waals surface area contributed by atoms with Crippen molar-refractivity contribution in [1.29, 1.82) is 0 Å². The van der Waals surface area contributed by atoms with Crippen LogP contribution in [0.2, 0.25) is 0 Å². The van der Waals surface area contributed by atoms with Crippen molar-refractivity contribution in [2.45, 2.75) is 37.7 Å². The summed E-state index contributed by atoms with van der Waals surface area (Å²) in [5, 5.41) is 22.0. The fraction of sp³-hybridized carbons (Fsp3) is 0.769. The fourth-order valence-electron chi connectivity index (χ4n) is 4.20. The van der Waals surface area contributed by atoms with Gasteiger partial charge in [0, 0.05) is 6.54 Å². The summed E-state index contributed by atoms with van der Waals surface area (Å²) >= 11 is 0. The van der Waals surface area contributed by atoms with Crippen LogP contribution in [0.4, 0.5) is 0 Å². The number of hydrogen-bond donors (Lipinski definition) is 3. The molecule has 4 rings (SSSR count). The summed E-state index contributed by atoms with van der Waals surface area (Å²) in [6.07, 6.45) is 6.06. The van der Waals surface area contributed by atoms with E-state index in [-0.39, 0.29) is 12.5 Å². The van der Waals surface area contributed by atoms with Gasteiger partial charge in [-0.2, -0.15) is 0 Å². The van der Waals surface area contributed by atoms with Gasteiger partial charge in [-0.05, 0) is 38.0 Å². The molecule has 2 fully saturated rings. The SMILES string of the molecule is O=C(NCCO)C12CC3=CC(CC(O)(C3)C1)C2. The van der Waals surface area contributed by atoms with Crippen molar-refractivity contribution < 1.29 is 15.0 Å². The van der Waals surface area contributed by atoms with E-state index in [2.05, 4.69) is 11.4 Å². The van der Waals surface area contributed by atoms with Gasteiger partial charge in [-0.1, -0.05) is 11.6 Å². The summed E-state index contributed by atoms with van der Waals surface area (Å²) in [5.41, 5.74) is 0.192. The molecule has 0 aromatic rings. The van der Waals surface area contributed by atoms with E-state index in [1.165, 1.54) is 5.57 Å². The normalized spacial score (nSPS) is 42.5. The highest BCUT2D eigenvalue weighted by Crippen LogP contribution is 2.58. The Bertz CT molecular complexity index is 392. The van der Waals surface area contributed by atoms with Crippen LogP contribution in [0.3, 0.4) is 0 Å². The second-order valence-electron chi connectivity index (χ2n) is 6.01. The Balaban J connectivity index is 1.85. The molecule has 4 aliphatic rings. The maximum Gasteiger partial charge on any atom is 0.226 e. The third-order valence-electron chi connectivity index (χ3n) is 4.43. The van der Waals surface area contributed by atoms with Gasteiger partial charge < -0.3 is 15.5 Å². The van der Waals surface area contributed by atoms with Gasteiger partial charge in [-0.25, -0.2) is 0 Å². The lowest BCUT2D eigenvalue weighted by Crippen LogP contribution is -2.57. The second-order valence-corrected chi connectivity index (χ2v) is 6.01. The molecule has 4 heteroatoms. The number of rotatable bonds is 3. The number of nitrogens with one attached hydrogen (secondary N) is 1. The van der Waals surface area contributed by atoms with Crippen LogP contribution in [0, 0.1) is 11.3 Å². The van der Waals surface area contributed by atoms with Crippen molar-refractivity contribution in [3.63, 3.8) is 0 Å². The van der Waals surface area contributed by atoms with Crippen molar-refractivity contribution in [2.24, 2.45) is 11.3 Å². The Labute approximate surface area is 101 Å². The van der Waals surface area contributed by atoms with E-state index in [1.807, 2.05) is 0 Å². The molecule has 2 saturated carbocycles. The van der Waals surface area contributed by atoms with E-state index >= 15 is 0 Å². The summed E-state index contributed by atoms with van der Waals surface area (Å²) in [7, 11) is 0. The van der Waals surface area contributed by atoms with Gasteiger partial charge in [0.25, 0.3) is 0 Å². The van der Waals surface area contributed by atoms with E-state index in [4.69, 9.17) is 5.11 Å². The van der Waals surface area contributed by atoms with E-state index in [9.17, 15) is 9.90 Å². The molecule has 0 heterocycles. The molecule has 4 bridgehead atoms. The van der Waals surface area contributed by atoms with Gasteiger partial charge in [-0.3, -0.25) is 4.79 Å². The average molecular weight is 237 g/mol. The topological polar surface area (TPSA) is 69.6 Å². The van der Waals surface area contributed by atoms with Crippen LogP contribution < -0.4 is 5.32 Å². The van der Waals surface area contributed by atoms with E-state index < -0.39 is 11.0 Å². The largest absolute Gasteiger partial charge is 0.395 e. The summed E-state index contributed by atoms with van der Waals surface area (Å²) in [6.45, 7) is 0.279. The molecule has 0 aromatic carbocycles. The number of carbonyl (C=O) groups is 1. The molecule has 0 radical (unpaired) electrons. The number of hydrogen-bond acceptors (Lipinski definition) is 3. The minimum Gasteiger partial charge on any atom is -0.395 e. The lowest BCUT2D eigenvalue weighted by Gasteiger charge is -2.55. The van der Waals surface area contributed by atoms with Crippen molar-refractivity contribution in [2.75, 3.05) is 13.2 Å². The first-order valence-electron chi connectivity index (χ1n) is 6.36. The lowest BCUT2D eigenvalue weighted by atomic mass is 9.51. The summed E-state index contributed by atoms with van der Waals surface area (Å²) < 4.78 is 0. The zero-order valence-corrected chi connectivity index (χ0v) is 9.91. The number of amides is 1. The van der Waals surface area contributed by atoms with Crippen LogP contribution in [0.15, 0.2) is 11.6 Å². The summed E-state index contributed by atoms with van der Waals surface area (Å²) in [4.78, 5) is 12.2. The minimum atomic E-state index is -0.651. The van der Waals surface area contributed by atoms with Crippen LogP contribution in [0.1, 0.15) is 32.1 Å². The predicted octanol–water partition coefficient (Wildman–Crippen LogP) is 0.346. The summed E-state index contributed by atoms with van der Waals surface area (Å²) in [6, 6.07) is 0. The second kappa shape index (κ2) is 3.56. The Kier molecular flexibility index (Phi) is 2.35. The molecule has 3 N–H and O–H groups in total. The third kappa shape index (κ3) is 1.70. The Morgan fingerprint density at radius 3 is 2.94 bits per heavy atom. The van der Waals surface area contributed by atoms with Crippen molar-refractivity contribution in [3.8, 4) is 0 Å². The van der Waals surface area contributed by atoms with Crippen LogP contribution >= 0.6 is 0 Å². The molecule has 4 aliphatic carbocycles. The molecule has 3 atom stereocenters. The summed E-state index contributed by atoms with van der Waals surface area (Å²) in [5.74, 6) is 0.381. The first-order valence-corrected chi connectivity index (χ1v) is 6.36. The van der Waals surface area contributed by atoms with E-state index in [0.29, 0.717) is 18.9 Å². The number of aliphatic hydroxyl groups excluding tert-OH is 1. The smallest absolute Gasteiger partial charge is 0.226 e. The van der Waals surface area contributed by atoms with E-state index in [1.54, 1.807) is 0 Å². The van der Waals surface area contributed by atoms with Crippen LogP contribution in [0.25, 0.3) is 0 Å². The molecular weight excluding hydrogens is 218 g/mol. The van der Waals surface area contributed by atoms with Gasteiger partial charge in [0.1, 0.15) is 0 Å². The number of allylic oxidation sites excluding steroid dienone is 1. The van der Waals surface area contributed by atoms with Gasteiger partial charge in [0.2, 0.25) is 5.91 Å². The number of carbonyl (C=O) groups excluding carboxylic acids is 1. The van der Waals surface area contributed by atoms with Crippen molar-refractivity contribution in [1.82, 2.24) is 5.32 Å². The van der Waals surface area contributed by atoms with Crippen LogP contribution in [-0.4, -0.2) is 34.9 Å². The van der Waals surface area contributed by atoms with Gasteiger partial charge in [0.15, 0.2) is 0 Å². The Morgan fingerprint density at radius 2 is 2.29 bits per heavy atom. The fourth-order valence-corrected chi connectivity index (χ4v) is 4.20. The Hall–Kier alpha value is -0.870. The zero-order valence-electron chi connectivity index (χ0n) is 9.91. The quantitative estimate of drug-likeness (QED) is 0.620. The maximum absolute atomic E-state index is 12.2. The lowest BCUT2D eigenvalue weighted by molar-refractivity contribution is -0.149. The standard InChI is InChI=1S/C13H19NO3/c15-2-1-14-11(16)12-4-9-3-10(5-12)7-13(17,6-9)8-12/h3,9,15,17H,1-2,4-8H2,(H,14,16). The molecule has 94 valence electrons. The molecule has 0 aromatic heterocycles. The van der Waals surface area contributed by atoms with E-state index in [0.717, 1.165) is 25.7 Å². The predicted molar refractivity (Wildman–Crippen MR) is 62.1 cm³/mol. The maximum atomic E-state index is 12.2.